The Morgan fingerprint density at radius 3 is 2.60 bits per heavy atom. The summed E-state index contributed by atoms with van der Waals surface area (Å²) in [4.78, 5) is 7.20. The fourth-order valence-corrected chi connectivity index (χ4v) is 2.84. The SMILES string of the molecule is CCNC(=NCC(C)N1CCOCC1)NCCCc1ccccc1.I. The Hall–Kier alpha value is -0.860. The third-order valence-electron chi connectivity index (χ3n) is 4.30. The van der Waals surface area contributed by atoms with Gasteiger partial charge in [-0.2, -0.15) is 0 Å². The van der Waals surface area contributed by atoms with Crippen molar-refractivity contribution in [3.63, 3.8) is 0 Å². The number of hydrogen-bond acceptors (Lipinski definition) is 3. The van der Waals surface area contributed by atoms with E-state index in [1.807, 2.05) is 0 Å². The van der Waals surface area contributed by atoms with Crippen molar-refractivity contribution in [3.8, 4) is 0 Å². The van der Waals surface area contributed by atoms with Crippen LogP contribution in [0.3, 0.4) is 0 Å². The Morgan fingerprint density at radius 2 is 1.92 bits per heavy atom. The molecule has 25 heavy (non-hydrogen) atoms. The average Bonchev–Trinajstić information content (AvgIpc) is 2.64. The van der Waals surface area contributed by atoms with Crippen LogP contribution < -0.4 is 10.6 Å². The maximum absolute atomic E-state index is 5.41. The number of aliphatic imine (C=N–C) groups is 1. The van der Waals surface area contributed by atoms with E-state index in [9.17, 15) is 0 Å². The molecular weight excluding hydrogens is 427 g/mol. The van der Waals surface area contributed by atoms with Crippen LogP contribution in [0.5, 0.6) is 0 Å². The van der Waals surface area contributed by atoms with Gasteiger partial charge in [0.1, 0.15) is 0 Å². The summed E-state index contributed by atoms with van der Waals surface area (Å²) in [6.07, 6.45) is 2.20. The molecular formula is C19H33IN4O. The van der Waals surface area contributed by atoms with Crippen molar-refractivity contribution in [2.24, 2.45) is 4.99 Å². The first kappa shape index (κ1) is 22.2. The van der Waals surface area contributed by atoms with Gasteiger partial charge in [0.05, 0.1) is 19.8 Å². The lowest BCUT2D eigenvalue weighted by Gasteiger charge is -2.31. The molecule has 0 bridgehead atoms. The lowest BCUT2D eigenvalue weighted by atomic mass is 10.1. The van der Waals surface area contributed by atoms with Gasteiger partial charge in [0.15, 0.2) is 5.96 Å². The summed E-state index contributed by atoms with van der Waals surface area (Å²) in [5, 5.41) is 6.78. The number of nitrogens with one attached hydrogen (secondary N) is 2. The maximum atomic E-state index is 5.41. The molecule has 1 aliphatic rings. The lowest BCUT2D eigenvalue weighted by Crippen LogP contribution is -2.44. The molecule has 1 aromatic carbocycles. The maximum Gasteiger partial charge on any atom is 0.191 e. The third-order valence-corrected chi connectivity index (χ3v) is 4.30. The zero-order valence-electron chi connectivity index (χ0n) is 15.5. The molecule has 1 heterocycles. The highest BCUT2D eigenvalue weighted by molar-refractivity contribution is 14.0. The number of halogens is 1. The molecule has 2 N–H and O–H groups in total. The molecule has 1 fully saturated rings. The predicted octanol–water partition coefficient (Wildman–Crippen LogP) is 2.51. The van der Waals surface area contributed by atoms with Crippen LogP contribution in [0.2, 0.25) is 0 Å². The highest BCUT2D eigenvalue weighted by Crippen LogP contribution is 2.04. The minimum Gasteiger partial charge on any atom is -0.379 e. The van der Waals surface area contributed by atoms with Gasteiger partial charge in [0.2, 0.25) is 0 Å². The summed E-state index contributed by atoms with van der Waals surface area (Å²) in [7, 11) is 0. The van der Waals surface area contributed by atoms with Gasteiger partial charge in [-0.15, -0.1) is 24.0 Å². The zero-order chi connectivity index (χ0) is 17.0. The van der Waals surface area contributed by atoms with Crippen LogP contribution in [0.4, 0.5) is 0 Å². The van der Waals surface area contributed by atoms with Crippen LogP contribution in [-0.4, -0.2) is 62.8 Å². The van der Waals surface area contributed by atoms with Gasteiger partial charge in [0.25, 0.3) is 0 Å². The first-order chi connectivity index (χ1) is 11.8. The summed E-state index contributed by atoms with van der Waals surface area (Å²) in [6.45, 7) is 10.7. The summed E-state index contributed by atoms with van der Waals surface area (Å²) >= 11 is 0. The molecule has 0 amide bonds. The smallest absolute Gasteiger partial charge is 0.191 e. The Bertz CT molecular complexity index is 478. The molecule has 0 aromatic heterocycles. The highest BCUT2D eigenvalue weighted by atomic mass is 127. The van der Waals surface area contributed by atoms with E-state index in [1.54, 1.807) is 0 Å². The Morgan fingerprint density at radius 1 is 1.20 bits per heavy atom. The number of aryl methyl sites for hydroxylation is 1. The van der Waals surface area contributed by atoms with Crippen molar-refractivity contribution in [1.82, 2.24) is 15.5 Å². The zero-order valence-corrected chi connectivity index (χ0v) is 17.9. The second-order valence-corrected chi connectivity index (χ2v) is 6.23. The van der Waals surface area contributed by atoms with Gasteiger partial charge in [-0.05, 0) is 32.3 Å². The number of guanidine groups is 1. The Kier molecular flexibility index (Phi) is 11.9. The van der Waals surface area contributed by atoms with E-state index in [0.717, 1.165) is 64.7 Å². The van der Waals surface area contributed by atoms with Crippen LogP contribution in [-0.2, 0) is 11.2 Å². The monoisotopic (exact) mass is 460 g/mol. The van der Waals surface area contributed by atoms with E-state index >= 15 is 0 Å². The summed E-state index contributed by atoms with van der Waals surface area (Å²) < 4.78 is 5.41. The first-order valence-electron chi connectivity index (χ1n) is 9.17. The molecule has 1 saturated heterocycles. The molecule has 0 spiro atoms. The normalized spacial score (nSPS) is 16.8. The van der Waals surface area contributed by atoms with Crippen LogP contribution >= 0.6 is 24.0 Å². The van der Waals surface area contributed by atoms with E-state index in [0.29, 0.717) is 6.04 Å². The average molecular weight is 460 g/mol. The van der Waals surface area contributed by atoms with Gasteiger partial charge >= 0.3 is 0 Å². The molecule has 6 heteroatoms. The molecule has 1 unspecified atom stereocenters. The van der Waals surface area contributed by atoms with Gasteiger partial charge in [-0.1, -0.05) is 30.3 Å². The van der Waals surface area contributed by atoms with Crippen LogP contribution in [0.15, 0.2) is 35.3 Å². The van der Waals surface area contributed by atoms with Gasteiger partial charge in [-0.25, -0.2) is 0 Å². The number of ether oxygens (including phenoxy) is 1. The number of hydrogen-bond donors (Lipinski definition) is 2. The summed E-state index contributed by atoms with van der Waals surface area (Å²) in [6, 6.07) is 11.1. The fraction of sp³-hybridized carbons (Fsp3) is 0.632. The van der Waals surface area contributed by atoms with E-state index in [-0.39, 0.29) is 24.0 Å². The molecule has 0 radical (unpaired) electrons. The highest BCUT2D eigenvalue weighted by Gasteiger charge is 2.16. The molecule has 1 aliphatic heterocycles. The van der Waals surface area contributed by atoms with E-state index < -0.39 is 0 Å². The van der Waals surface area contributed by atoms with Crippen LogP contribution in [0.1, 0.15) is 25.8 Å². The van der Waals surface area contributed by atoms with Crippen LogP contribution in [0, 0.1) is 0 Å². The van der Waals surface area contributed by atoms with E-state index in [2.05, 4.69) is 59.7 Å². The predicted molar refractivity (Wildman–Crippen MR) is 116 cm³/mol. The van der Waals surface area contributed by atoms with E-state index in [4.69, 9.17) is 9.73 Å². The number of benzene rings is 1. The molecule has 0 saturated carbocycles. The van der Waals surface area contributed by atoms with E-state index in [1.165, 1.54) is 5.56 Å². The molecule has 142 valence electrons. The number of rotatable bonds is 8. The molecule has 2 rings (SSSR count). The third kappa shape index (κ3) is 8.87. The number of morpholine rings is 1. The first-order valence-corrected chi connectivity index (χ1v) is 9.17. The van der Waals surface area contributed by atoms with Crippen molar-refractivity contribution < 1.29 is 4.74 Å². The minimum atomic E-state index is 0. The van der Waals surface area contributed by atoms with Crippen LogP contribution in [0.25, 0.3) is 0 Å². The van der Waals surface area contributed by atoms with Gasteiger partial charge < -0.3 is 15.4 Å². The Labute approximate surface area is 169 Å². The topological polar surface area (TPSA) is 48.9 Å². The quantitative estimate of drug-likeness (QED) is 0.271. The van der Waals surface area contributed by atoms with Crippen molar-refractivity contribution in [2.75, 3.05) is 45.9 Å². The summed E-state index contributed by atoms with van der Waals surface area (Å²) in [5.74, 6) is 0.922. The van der Waals surface area contributed by atoms with Crippen molar-refractivity contribution in [3.05, 3.63) is 35.9 Å². The van der Waals surface area contributed by atoms with Gasteiger partial charge in [-0.3, -0.25) is 9.89 Å². The second-order valence-electron chi connectivity index (χ2n) is 6.23. The fourth-order valence-electron chi connectivity index (χ4n) is 2.84. The molecule has 1 aromatic rings. The van der Waals surface area contributed by atoms with Crippen molar-refractivity contribution in [1.29, 1.82) is 0 Å². The largest absolute Gasteiger partial charge is 0.379 e. The van der Waals surface area contributed by atoms with Crippen molar-refractivity contribution in [2.45, 2.75) is 32.7 Å². The standard InChI is InChI=1S/C19H32N4O.HI/c1-3-20-19(21-11-7-10-18-8-5-4-6-9-18)22-16-17(2)23-12-14-24-15-13-23;/h4-6,8-9,17H,3,7,10-16H2,1-2H3,(H2,20,21,22);1H. The summed E-state index contributed by atoms with van der Waals surface area (Å²) in [5.41, 5.74) is 1.39. The minimum absolute atomic E-state index is 0. The number of nitrogens with zero attached hydrogens (tertiary/aromatic N) is 2. The second kappa shape index (κ2) is 13.4. The molecule has 5 nitrogen and oxygen atoms in total. The molecule has 0 aliphatic carbocycles. The van der Waals surface area contributed by atoms with Crippen molar-refractivity contribution >= 4 is 29.9 Å². The Balaban J connectivity index is 0.00000312. The van der Waals surface area contributed by atoms with Gasteiger partial charge in [0, 0.05) is 32.2 Å². The molecule has 1 atom stereocenters. The lowest BCUT2D eigenvalue weighted by molar-refractivity contribution is 0.0220.